The van der Waals surface area contributed by atoms with Gasteiger partial charge in [0.2, 0.25) is 0 Å². The minimum atomic E-state index is 0.391. The Labute approximate surface area is 102 Å². The average Bonchev–Trinajstić information content (AvgIpc) is 2.29. The van der Waals surface area contributed by atoms with E-state index in [0.717, 1.165) is 44.7 Å². The first kappa shape index (κ1) is 13.4. The number of hydrogen-bond acceptors (Lipinski definition) is 3. The second-order valence-corrected chi connectivity index (χ2v) is 4.78. The number of rotatable bonds is 7. The largest absolute Gasteiger partial charge is 0.374 e. The summed E-state index contributed by atoms with van der Waals surface area (Å²) in [6, 6.07) is 0. The van der Waals surface area contributed by atoms with Crippen molar-refractivity contribution in [2.24, 2.45) is 0 Å². The Hall–Kier alpha value is 0.360. The van der Waals surface area contributed by atoms with Gasteiger partial charge >= 0.3 is 0 Å². The minimum Gasteiger partial charge on any atom is -0.374 e. The van der Waals surface area contributed by atoms with E-state index in [9.17, 15) is 0 Å². The van der Waals surface area contributed by atoms with Crippen LogP contribution in [0.25, 0.3) is 0 Å². The van der Waals surface area contributed by atoms with Gasteiger partial charge in [-0.25, -0.2) is 0 Å². The summed E-state index contributed by atoms with van der Waals surface area (Å²) < 4.78 is 5.70. The molecule has 1 saturated heterocycles. The summed E-state index contributed by atoms with van der Waals surface area (Å²) in [5.41, 5.74) is 0. The van der Waals surface area contributed by atoms with Gasteiger partial charge in [0.05, 0.1) is 12.7 Å². The van der Waals surface area contributed by atoms with Crippen molar-refractivity contribution in [3.8, 4) is 0 Å². The zero-order valence-corrected chi connectivity index (χ0v) is 11.3. The van der Waals surface area contributed by atoms with E-state index >= 15 is 0 Å². The van der Waals surface area contributed by atoms with Gasteiger partial charge in [0, 0.05) is 25.0 Å². The minimum absolute atomic E-state index is 0.391. The van der Waals surface area contributed by atoms with E-state index in [1.165, 1.54) is 12.8 Å². The van der Waals surface area contributed by atoms with Crippen LogP contribution in [0.2, 0.25) is 0 Å². The molecular weight excluding hydrogens is 256 g/mol. The Morgan fingerprint density at radius 3 is 3.07 bits per heavy atom. The van der Waals surface area contributed by atoms with Gasteiger partial charge in [0.1, 0.15) is 0 Å². The fraction of sp³-hybridized carbons (Fsp3) is 1.00. The molecule has 0 bridgehead atoms. The maximum Gasteiger partial charge on any atom is 0.0826 e. The van der Waals surface area contributed by atoms with E-state index in [1.54, 1.807) is 0 Å². The highest BCUT2D eigenvalue weighted by Gasteiger charge is 2.18. The molecule has 0 aromatic rings. The number of nitrogens with one attached hydrogen (secondary N) is 1. The summed E-state index contributed by atoms with van der Waals surface area (Å²) in [6.45, 7) is 8.53. The summed E-state index contributed by atoms with van der Waals surface area (Å²) >= 11 is 3.44. The van der Waals surface area contributed by atoms with Gasteiger partial charge in [-0.1, -0.05) is 22.9 Å². The second-order valence-electron chi connectivity index (χ2n) is 3.99. The van der Waals surface area contributed by atoms with Crippen molar-refractivity contribution in [1.82, 2.24) is 10.2 Å². The fourth-order valence-corrected chi connectivity index (χ4v) is 2.20. The lowest BCUT2D eigenvalue weighted by Crippen LogP contribution is -2.46. The molecule has 0 spiro atoms. The van der Waals surface area contributed by atoms with Gasteiger partial charge in [-0.05, 0) is 25.9 Å². The lowest BCUT2D eigenvalue weighted by atomic mass is 10.2. The molecule has 1 heterocycles. The van der Waals surface area contributed by atoms with E-state index in [4.69, 9.17) is 4.74 Å². The smallest absolute Gasteiger partial charge is 0.0826 e. The molecule has 0 aliphatic carbocycles. The van der Waals surface area contributed by atoms with Crippen LogP contribution in [0.4, 0.5) is 0 Å². The Morgan fingerprint density at radius 1 is 1.47 bits per heavy atom. The maximum absolute atomic E-state index is 5.70. The number of nitrogens with zero attached hydrogens (tertiary/aromatic N) is 1. The number of hydrogen-bond donors (Lipinski definition) is 1. The molecule has 1 fully saturated rings. The van der Waals surface area contributed by atoms with Crippen LogP contribution in [0.5, 0.6) is 0 Å². The third kappa shape index (κ3) is 5.85. The van der Waals surface area contributed by atoms with Crippen LogP contribution in [0.1, 0.15) is 19.8 Å². The maximum atomic E-state index is 5.70. The van der Waals surface area contributed by atoms with E-state index in [0.29, 0.717) is 6.10 Å². The summed E-state index contributed by atoms with van der Waals surface area (Å²) in [5, 5.41) is 4.57. The quantitative estimate of drug-likeness (QED) is 0.564. The van der Waals surface area contributed by atoms with Crippen LogP contribution in [-0.4, -0.2) is 55.7 Å². The molecule has 0 aromatic carbocycles. The third-order valence-corrected chi connectivity index (χ3v) is 3.34. The van der Waals surface area contributed by atoms with E-state index in [-0.39, 0.29) is 0 Å². The monoisotopic (exact) mass is 278 g/mol. The van der Waals surface area contributed by atoms with Crippen molar-refractivity contribution < 1.29 is 4.74 Å². The van der Waals surface area contributed by atoms with Gasteiger partial charge in [0.25, 0.3) is 0 Å². The van der Waals surface area contributed by atoms with Crippen LogP contribution >= 0.6 is 15.9 Å². The molecule has 1 aliphatic rings. The van der Waals surface area contributed by atoms with Gasteiger partial charge < -0.3 is 10.1 Å². The van der Waals surface area contributed by atoms with E-state index in [1.807, 2.05) is 0 Å². The highest BCUT2D eigenvalue weighted by atomic mass is 79.9. The first-order chi connectivity index (χ1) is 7.36. The Bertz CT molecular complexity index is 158. The molecule has 1 rings (SSSR count). The number of ether oxygens (including phenoxy) is 1. The summed E-state index contributed by atoms with van der Waals surface area (Å²) in [5.74, 6) is 0. The predicted octanol–water partition coefficient (Wildman–Crippen LogP) is 1.47. The normalized spacial score (nSPS) is 23.2. The lowest BCUT2D eigenvalue weighted by Gasteiger charge is -2.32. The molecule has 0 amide bonds. The number of morpholine rings is 1. The zero-order chi connectivity index (χ0) is 10.9. The molecular formula is C11H23BrN2O. The highest BCUT2D eigenvalue weighted by Crippen LogP contribution is 2.03. The van der Waals surface area contributed by atoms with E-state index in [2.05, 4.69) is 33.1 Å². The SMILES string of the molecule is CCN1CCOC(CNCCCCBr)C1. The highest BCUT2D eigenvalue weighted by molar-refractivity contribution is 9.09. The van der Waals surface area contributed by atoms with Crippen molar-refractivity contribution in [3.05, 3.63) is 0 Å². The van der Waals surface area contributed by atoms with Crippen LogP contribution in [0.15, 0.2) is 0 Å². The van der Waals surface area contributed by atoms with Crippen molar-refractivity contribution in [2.45, 2.75) is 25.9 Å². The third-order valence-electron chi connectivity index (χ3n) is 2.78. The Morgan fingerprint density at radius 2 is 2.33 bits per heavy atom. The van der Waals surface area contributed by atoms with Gasteiger partial charge in [0.15, 0.2) is 0 Å². The molecule has 4 heteroatoms. The van der Waals surface area contributed by atoms with Crippen LogP contribution < -0.4 is 5.32 Å². The summed E-state index contributed by atoms with van der Waals surface area (Å²) in [4.78, 5) is 2.45. The Kier molecular flexibility index (Phi) is 7.61. The van der Waals surface area contributed by atoms with Gasteiger partial charge in [-0.3, -0.25) is 4.90 Å². The molecule has 15 heavy (non-hydrogen) atoms. The molecule has 0 saturated carbocycles. The topological polar surface area (TPSA) is 24.5 Å². The van der Waals surface area contributed by atoms with Crippen LogP contribution in [0, 0.1) is 0 Å². The van der Waals surface area contributed by atoms with Crippen molar-refractivity contribution >= 4 is 15.9 Å². The first-order valence-corrected chi connectivity index (χ1v) is 7.09. The molecule has 1 N–H and O–H groups in total. The summed E-state index contributed by atoms with van der Waals surface area (Å²) in [7, 11) is 0. The molecule has 1 atom stereocenters. The van der Waals surface area contributed by atoms with Gasteiger partial charge in [-0.15, -0.1) is 0 Å². The van der Waals surface area contributed by atoms with Gasteiger partial charge in [-0.2, -0.15) is 0 Å². The zero-order valence-electron chi connectivity index (χ0n) is 9.67. The standard InChI is InChI=1S/C11H23BrN2O/c1-2-14-7-8-15-11(10-14)9-13-6-4-3-5-12/h11,13H,2-10H2,1H3. The first-order valence-electron chi connectivity index (χ1n) is 5.97. The molecule has 1 aliphatic heterocycles. The fourth-order valence-electron chi connectivity index (χ4n) is 1.80. The second kappa shape index (κ2) is 8.50. The molecule has 0 aromatic heterocycles. The average molecular weight is 279 g/mol. The lowest BCUT2D eigenvalue weighted by molar-refractivity contribution is -0.0251. The van der Waals surface area contributed by atoms with Crippen LogP contribution in [0.3, 0.4) is 0 Å². The molecule has 0 radical (unpaired) electrons. The van der Waals surface area contributed by atoms with Crippen molar-refractivity contribution in [1.29, 1.82) is 0 Å². The molecule has 3 nitrogen and oxygen atoms in total. The molecule has 90 valence electrons. The van der Waals surface area contributed by atoms with Crippen molar-refractivity contribution in [3.63, 3.8) is 0 Å². The number of unbranched alkanes of at least 4 members (excludes halogenated alkanes) is 1. The van der Waals surface area contributed by atoms with Crippen LogP contribution in [-0.2, 0) is 4.74 Å². The van der Waals surface area contributed by atoms with E-state index < -0.39 is 0 Å². The summed E-state index contributed by atoms with van der Waals surface area (Å²) in [6.07, 6.45) is 2.89. The molecule has 1 unspecified atom stereocenters. The van der Waals surface area contributed by atoms with Crippen molar-refractivity contribution in [2.75, 3.05) is 44.7 Å². The number of halogens is 1. The number of likely N-dealkylation sites (N-methyl/N-ethyl adjacent to an activating group) is 1. The number of alkyl halides is 1. The Balaban J connectivity index is 2.00. The predicted molar refractivity (Wildman–Crippen MR) is 67.8 cm³/mol.